The molecule has 1 aromatic heterocycles. The number of nitrogens with zero attached hydrogens (tertiary/aromatic N) is 3. The van der Waals surface area contributed by atoms with E-state index in [4.69, 9.17) is 5.11 Å². The summed E-state index contributed by atoms with van der Waals surface area (Å²) in [4.78, 5) is 26.3. The largest absolute Gasteiger partial charge is 0.480 e. The molecule has 1 N–H and O–H groups in total. The zero-order chi connectivity index (χ0) is 15.6. The number of carboxylic acid groups (broad SMARTS) is 1. The number of rotatable bonds is 5. The minimum Gasteiger partial charge on any atom is -0.480 e. The van der Waals surface area contributed by atoms with Crippen molar-refractivity contribution in [3.63, 3.8) is 0 Å². The van der Waals surface area contributed by atoms with Crippen molar-refractivity contribution in [1.29, 1.82) is 0 Å². The van der Waals surface area contributed by atoms with Crippen LogP contribution in [0.25, 0.3) is 0 Å². The van der Waals surface area contributed by atoms with E-state index in [2.05, 4.69) is 4.98 Å². The van der Waals surface area contributed by atoms with Gasteiger partial charge in [0.25, 0.3) is 5.69 Å². The SMILES string of the molecule is O=C(O)CN(c1cc([N+](=O)[O-])ccn1)C1CCS(=O)(=O)C1. The van der Waals surface area contributed by atoms with Gasteiger partial charge in [-0.3, -0.25) is 14.9 Å². The molecule has 1 saturated heterocycles. The molecule has 1 aromatic rings. The normalized spacial score (nSPS) is 20.1. The van der Waals surface area contributed by atoms with Crippen molar-refractivity contribution < 1.29 is 23.2 Å². The predicted octanol–water partition coefficient (Wildman–Crippen LogP) is 0.0679. The molecule has 0 bridgehead atoms. The van der Waals surface area contributed by atoms with E-state index in [-0.39, 0.29) is 29.4 Å². The fourth-order valence-corrected chi connectivity index (χ4v) is 3.97. The molecule has 21 heavy (non-hydrogen) atoms. The minimum atomic E-state index is -3.21. The molecule has 0 saturated carbocycles. The van der Waals surface area contributed by atoms with E-state index in [0.29, 0.717) is 0 Å². The summed E-state index contributed by atoms with van der Waals surface area (Å²) in [5, 5.41) is 19.7. The maximum Gasteiger partial charge on any atom is 0.323 e. The summed E-state index contributed by atoms with van der Waals surface area (Å²) in [7, 11) is -3.21. The number of aliphatic carboxylic acids is 1. The Morgan fingerprint density at radius 3 is 2.81 bits per heavy atom. The Labute approximate surface area is 120 Å². The Kier molecular flexibility index (Phi) is 4.07. The molecule has 0 spiro atoms. The van der Waals surface area contributed by atoms with Gasteiger partial charge in [0, 0.05) is 18.3 Å². The van der Waals surface area contributed by atoms with Crippen molar-refractivity contribution in [2.24, 2.45) is 0 Å². The summed E-state index contributed by atoms with van der Waals surface area (Å²) < 4.78 is 23.1. The highest BCUT2D eigenvalue weighted by Gasteiger charge is 2.34. The lowest BCUT2D eigenvalue weighted by Gasteiger charge is -2.27. The van der Waals surface area contributed by atoms with E-state index in [1.807, 2.05) is 0 Å². The van der Waals surface area contributed by atoms with Crippen molar-refractivity contribution in [1.82, 2.24) is 4.98 Å². The Morgan fingerprint density at radius 1 is 1.57 bits per heavy atom. The van der Waals surface area contributed by atoms with Crippen molar-refractivity contribution in [2.75, 3.05) is 23.0 Å². The van der Waals surface area contributed by atoms with Crippen molar-refractivity contribution >= 4 is 27.3 Å². The van der Waals surface area contributed by atoms with Gasteiger partial charge < -0.3 is 10.0 Å². The van der Waals surface area contributed by atoms with Gasteiger partial charge in [0.2, 0.25) is 0 Å². The lowest BCUT2D eigenvalue weighted by atomic mass is 10.2. The summed E-state index contributed by atoms with van der Waals surface area (Å²) >= 11 is 0. The van der Waals surface area contributed by atoms with Crippen LogP contribution >= 0.6 is 0 Å². The van der Waals surface area contributed by atoms with Gasteiger partial charge in [0.1, 0.15) is 12.4 Å². The zero-order valence-corrected chi connectivity index (χ0v) is 11.7. The summed E-state index contributed by atoms with van der Waals surface area (Å²) in [6.07, 6.45) is 1.48. The van der Waals surface area contributed by atoms with Crippen molar-refractivity contribution in [3.8, 4) is 0 Å². The number of sulfone groups is 1. The molecule has 2 rings (SSSR count). The van der Waals surface area contributed by atoms with E-state index in [1.165, 1.54) is 17.2 Å². The molecule has 1 aliphatic rings. The number of carbonyl (C=O) groups is 1. The van der Waals surface area contributed by atoms with Crippen LogP contribution in [0.5, 0.6) is 0 Å². The third kappa shape index (κ3) is 3.66. The molecular weight excluding hydrogens is 302 g/mol. The molecular formula is C11H13N3O6S. The van der Waals surface area contributed by atoms with E-state index in [0.717, 1.165) is 6.07 Å². The van der Waals surface area contributed by atoms with Crippen molar-refractivity contribution in [3.05, 3.63) is 28.4 Å². The molecule has 0 radical (unpaired) electrons. The predicted molar refractivity (Wildman–Crippen MR) is 72.9 cm³/mol. The Bertz CT molecular complexity index is 674. The maximum absolute atomic E-state index is 11.5. The van der Waals surface area contributed by atoms with E-state index in [1.54, 1.807) is 0 Å². The van der Waals surface area contributed by atoms with Crippen LogP contribution in [-0.2, 0) is 14.6 Å². The topological polar surface area (TPSA) is 131 Å². The van der Waals surface area contributed by atoms with Crippen LogP contribution in [-0.4, -0.2) is 53.5 Å². The average Bonchev–Trinajstić information content (AvgIpc) is 2.76. The third-order valence-electron chi connectivity index (χ3n) is 3.19. The second kappa shape index (κ2) is 5.64. The third-order valence-corrected chi connectivity index (χ3v) is 4.94. The molecule has 1 unspecified atom stereocenters. The molecule has 0 aliphatic carbocycles. The molecule has 10 heteroatoms. The van der Waals surface area contributed by atoms with Crippen LogP contribution in [0.15, 0.2) is 18.3 Å². The monoisotopic (exact) mass is 315 g/mol. The number of nitro groups is 1. The number of carboxylic acids is 1. The molecule has 1 aliphatic heterocycles. The summed E-state index contributed by atoms with van der Waals surface area (Å²) in [5.74, 6) is -1.27. The zero-order valence-electron chi connectivity index (χ0n) is 10.9. The molecule has 0 amide bonds. The lowest BCUT2D eigenvalue weighted by Crippen LogP contribution is -2.40. The first-order valence-corrected chi connectivity index (χ1v) is 7.90. The van der Waals surface area contributed by atoms with Crippen LogP contribution in [0.1, 0.15) is 6.42 Å². The van der Waals surface area contributed by atoms with Crippen LogP contribution in [0, 0.1) is 10.1 Å². The van der Waals surface area contributed by atoms with Crippen LogP contribution in [0.2, 0.25) is 0 Å². The van der Waals surface area contributed by atoms with Gasteiger partial charge in [0.15, 0.2) is 9.84 Å². The molecule has 1 atom stereocenters. The number of pyridine rings is 1. The number of anilines is 1. The van der Waals surface area contributed by atoms with Gasteiger partial charge in [0.05, 0.1) is 22.5 Å². The molecule has 2 heterocycles. The highest BCUT2D eigenvalue weighted by Crippen LogP contribution is 2.25. The average molecular weight is 315 g/mol. The van der Waals surface area contributed by atoms with Gasteiger partial charge in [-0.25, -0.2) is 13.4 Å². The van der Waals surface area contributed by atoms with E-state index in [9.17, 15) is 23.3 Å². The van der Waals surface area contributed by atoms with Gasteiger partial charge in [-0.05, 0) is 6.42 Å². The highest BCUT2D eigenvalue weighted by atomic mass is 32.2. The molecule has 0 aromatic carbocycles. The first kappa shape index (κ1) is 15.2. The van der Waals surface area contributed by atoms with E-state index >= 15 is 0 Å². The van der Waals surface area contributed by atoms with Gasteiger partial charge in [-0.15, -0.1) is 0 Å². The summed E-state index contributed by atoms with van der Waals surface area (Å²) in [5.41, 5.74) is -0.226. The second-order valence-corrected chi connectivity index (χ2v) is 6.94. The van der Waals surface area contributed by atoms with Crippen LogP contribution < -0.4 is 4.90 Å². The smallest absolute Gasteiger partial charge is 0.323 e. The standard InChI is InChI=1S/C11H13N3O6S/c15-11(16)6-13(9-2-4-21(19,20)7-9)10-5-8(14(17)18)1-3-12-10/h1,3,5,9H,2,4,6-7H2,(H,15,16). The molecule has 1 fully saturated rings. The van der Waals surface area contributed by atoms with E-state index < -0.39 is 33.3 Å². The van der Waals surface area contributed by atoms with Gasteiger partial charge in [-0.1, -0.05) is 0 Å². The van der Waals surface area contributed by atoms with Crippen LogP contribution in [0.4, 0.5) is 11.5 Å². The van der Waals surface area contributed by atoms with Gasteiger partial charge >= 0.3 is 5.97 Å². The maximum atomic E-state index is 11.5. The highest BCUT2D eigenvalue weighted by molar-refractivity contribution is 7.91. The first-order chi connectivity index (χ1) is 9.78. The Morgan fingerprint density at radius 2 is 2.29 bits per heavy atom. The first-order valence-electron chi connectivity index (χ1n) is 6.08. The number of hydrogen-bond acceptors (Lipinski definition) is 7. The van der Waals surface area contributed by atoms with Crippen molar-refractivity contribution in [2.45, 2.75) is 12.5 Å². The fraction of sp³-hybridized carbons (Fsp3) is 0.455. The lowest BCUT2D eigenvalue weighted by molar-refractivity contribution is -0.384. The number of hydrogen-bond donors (Lipinski definition) is 1. The number of aromatic nitrogens is 1. The fourth-order valence-electron chi connectivity index (χ4n) is 2.24. The van der Waals surface area contributed by atoms with Crippen LogP contribution in [0.3, 0.4) is 0 Å². The molecule has 114 valence electrons. The quantitative estimate of drug-likeness (QED) is 0.596. The summed E-state index contributed by atoms with van der Waals surface area (Å²) in [6.45, 7) is -0.464. The Balaban J connectivity index is 2.34. The summed E-state index contributed by atoms with van der Waals surface area (Å²) in [6, 6.07) is 1.79. The van der Waals surface area contributed by atoms with Gasteiger partial charge in [-0.2, -0.15) is 0 Å². The second-order valence-electron chi connectivity index (χ2n) is 4.71. The Hall–Kier alpha value is -2.23. The minimum absolute atomic E-state index is 0.0251. The molecule has 9 nitrogen and oxygen atoms in total.